The standard InChI is InChI=1S/C10H11N3O2.C3H5NO/c1-2-12-10(15)13-8-5-7(6-11)3-4-9(8)14;1-2-4-3-5/h3-5,14H,2H2,1H3,(H2,12,13,15);2H2,1H3. The fraction of sp³-hybridized carbons (Fsp3) is 0.308. The van der Waals surface area contributed by atoms with Gasteiger partial charge in [-0.15, -0.1) is 0 Å². The maximum Gasteiger partial charge on any atom is 0.319 e. The Kier molecular flexibility index (Phi) is 8.68. The summed E-state index contributed by atoms with van der Waals surface area (Å²) in [7, 11) is 0. The number of hydrogen-bond donors (Lipinski definition) is 3. The number of aliphatic imine (C=N–C) groups is 1. The van der Waals surface area contributed by atoms with Crippen molar-refractivity contribution in [2.45, 2.75) is 13.8 Å². The highest BCUT2D eigenvalue weighted by Gasteiger charge is 2.05. The SMILES string of the molecule is CCN=C=O.CCNC(=O)Nc1cc(C#N)ccc1O. The molecule has 0 aromatic heterocycles. The molecule has 0 aliphatic carbocycles. The first-order chi connectivity index (χ1) is 9.58. The quantitative estimate of drug-likeness (QED) is 0.443. The van der Waals surface area contributed by atoms with Crippen LogP contribution in [0.15, 0.2) is 23.2 Å². The molecule has 0 spiro atoms. The summed E-state index contributed by atoms with van der Waals surface area (Å²) in [4.78, 5) is 23.4. The fourth-order valence-electron chi connectivity index (χ4n) is 1.10. The summed E-state index contributed by atoms with van der Waals surface area (Å²) in [6.45, 7) is 4.60. The number of phenols is 1. The van der Waals surface area contributed by atoms with Crippen LogP contribution < -0.4 is 10.6 Å². The van der Waals surface area contributed by atoms with Crippen molar-refractivity contribution in [1.29, 1.82) is 5.26 Å². The predicted octanol–water partition coefficient (Wildman–Crippen LogP) is 1.75. The van der Waals surface area contributed by atoms with Crippen molar-refractivity contribution in [3.63, 3.8) is 0 Å². The lowest BCUT2D eigenvalue weighted by Gasteiger charge is -2.07. The highest BCUT2D eigenvalue weighted by molar-refractivity contribution is 5.91. The molecule has 20 heavy (non-hydrogen) atoms. The number of nitrogens with zero attached hydrogens (tertiary/aromatic N) is 2. The summed E-state index contributed by atoms with van der Waals surface area (Å²) < 4.78 is 0. The van der Waals surface area contributed by atoms with E-state index in [1.54, 1.807) is 13.8 Å². The zero-order valence-electron chi connectivity index (χ0n) is 11.3. The maximum atomic E-state index is 11.1. The maximum absolute atomic E-state index is 11.1. The molecule has 0 aliphatic rings. The Balaban J connectivity index is 0.000000621. The summed E-state index contributed by atoms with van der Waals surface area (Å²) in [5, 5.41) is 23.0. The third kappa shape index (κ3) is 6.79. The molecule has 7 heteroatoms. The summed E-state index contributed by atoms with van der Waals surface area (Å²) in [5.41, 5.74) is 0.597. The highest BCUT2D eigenvalue weighted by atomic mass is 16.3. The molecule has 0 unspecified atom stereocenters. The van der Waals surface area contributed by atoms with Crippen LogP contribution in [0.2, 0.25) is 0 Å². The molecule has 1 aromatic carbocycles. The largest absolute Gasteiger partial charge is 0.506 e. The smallest absolute Gasteiger partial charge is 0.319 e. The third-order valence-corrected chi connectivity index (χ3v) is 1.93. The first-order valence-electron chi connectivity index (χ1n) is 5.90. The van der Waals surface area contributed by atoms with Crippen molar-refractivity contribution >= 4 is 17.8 Å². The van der Waals surface area contributed by atoms with Crippen LogP contribution in [0.1, 0.15) is 19.4 Å². The number of phenolic OH excluding ortho intramolecular Hbond substituents is 1. The van der Waals surface area contributed by atoms with Crippen LogP contribution in [-0.4, -0.2) is 30.3 Å². The second kappa shape index (κ2) is 10.1. The number of hydrogen-bond acceptors (Lipinski definition) is 5. The van der Waals surface area contributed by atoms with Gasteiger partial charge in [0.05, 0.1) is 17.3 Å². The Hall–Kier alpha value is -2.84. The minimum Gasteiger partial charge on any atom is -0.506 e. The molecular formula is C13H16N4O3. The average molecular weight is 276 g/mol. The zero-order chi connectivity index (χ0) is 15.4. The highest BCUT2D eigenvalue weighted by Crippen LogP contribution is 2.23. The number of nitrogens with one attached hydrogen (secondary N) is 2. The van der Waals surface area contributed by atoms with Crippen molar-refractivity contribution < 1.29 is 14.7 Å². The second-order valence-electron chi connectivity index (χ2n) is 3.39. The van der Waals surface area contributed by atoms with Crippen molar-refractivity contribution in [2.24, 2.45) is 4.99 Å². The van der Waals surface area contributed by atoms with Crippen molar-refractivity contribution in [2.75, 3.05) is 18.4 Å². The van der Waals surface area contributed by atoms with Crippen molar-refractivity contribution in [3.05, 3.63) is 23.8 Å². The predicted molar refractivity (Wildman–Crippen MR) is 74.2 cm³/mol. The van der Waals surface area contributed by atoms with E-state index in [2.05, 4.69) is 15.6 Å². The molecule has 1 rings (SSSR count). The lowest BCUT2D eigenvalue weighted by molar-refractivity contribution is 0.252. The minimum atomic E-state index is -0.414. The lowest BCUT2D eigenvalue weighted by Crippen LogP contribution is -2.28. The topological polar surface area (TPSA) is 115 Å². The van der Waals surface area contributed by atoms with Gasteiger partial charge in [-0.1, -0.05) is 0 Å². The molecule has 0 radical (unpaired) electrons. The average Bonchev–Trinajstić information content (AvgIpc) is 2.43. The van der Waals surface area contributed by atoms with Gasteiger partial charge in [-0.2, -0.15) is 5.26 Å². The van der Waals surface area contributed by atoms with E-state index in [4.69, 9.17) is 10.1 Å². The van der Waals surface area contributed by atoms with Gasteiger partial charge in [0.1, 0.15) is 5.75 Å². The van der Waals surface area contributed by atoms with E-state index < -0.39 is 6.03 Å². The van der Waals surface area contributed by atoms with Crippen LogP contribution in [0.4, 0.5) is 10.5 Å². The van der Waals surface area contributed by atoms with E-state index in [9.17, 15) is 9.90 Å². The second-order valence-corrected chi connectivity index (χ2v) is 3.39. The first kappa shape index (κ1) is 17.2. The van der Waals surface area contributed by atoms with Gasteiger partial charge >= 0.3 is 6.03 Å². The number of carbonyl (C=O) groups is 1. The zero-order valence-corrected chi connectivity index (χ0v) is 11.3. The van der Waals surface area contributed by atoms with E-state index >= 15 is 0 Å². The van der Waals surface area contributed by atoms with Crippen LogP contribution in [0.5, 0.6) is 5.75 Å². The summed E-state index contributed by atoms with van der Waals surface area (Å²) in [6.07, 6.45) is 1.39. The molecule has 0 aliphatic heterocycles. The number of anilines is 1. The number of nitriles is 1. The van der Waals surface area contributed by atoms with Crippen LogP contribution in [-0.2, 0) is 4.79 Å². The van der Waals surface area contributed by atoms with Crippen LogP contribution in [0.25, 0.3) is 0 Å². The van der Waals surface area contributed by atoms with Gasteiger partial charge in [0.25, 0.3) is 0 Å². The minimum absolute atomic E-state index is 0.0692. The third-order valence-electron chi connectivity index (χ3n) is 1.93. The Morgan fingerprint density at radius 1 is 1.45 bits per heavy atom. The van der Waals surface area contributed by atoms with E-state index in [1.807, 2.05) is 6.07 Å². The molecule has 2 amide bonds. The molecule has 0 heterocycles. The molecular weight excluding hydrogens is 260 g/mol. The van der Waals surface area contributed by atoms with Crippen LogP contribution in [0.3, 0.4) is 0 Å². The van der Waals surface area contributed by atoms with Gasteiger partial charge in [0, 0.05) is 13.1 Å². The molecule has 0 bridgehead atoms. The monoisotopic (exact) mass is 276 g/mol. The molecule has 7 nitrogen and oxygen atoms in total. The number of rotatable bonds is 3. The first-order valence-corrected chi connectivity index (χ1v) is 5.90. The van der Waals surface area contributed by atoms with Crippen LogP contribution >= 0.6 is 0 Å². The number of amides is 2. The van der Waals surface area contributed by atoms with Gasteiger partial charge in [0.15, 0.2) is 0 Å². The Labute approximate surface area is 116 Å². The number of benzene rings is 1. The Bertz CT molecular complexity index is 531. The van der Waals surface area contributed by atoms with E-state index in [1.165, 1.54) is 24.3 Å². The number of carbonyl (C=O) groups excluding carboxylic acids is 2. The van der Waals surface area contributed by atoms with E-state index in [0.717, 1.165) is 0 Å². The van der Waals surface area contributed by atoms with Crippen molar-refractivity contribution in [1.82, 2.24) is 5.32 Å². The van der Waals surface area contributed by atoms with Gasteiger partial charge < -0.3 is 15.7 Å². The molecule has 1 aromatic rings. The molecule has 3 N–H and O–H groups in total. The molecule has 0 saturated heterocycles. The van der Waals surface area contributed by atoms with Crippen LogP contribution in [0, 0.1) is 11.3 Å². The fourth-order valence-corrected chi connectivity index (χ4v) is 1.10. The summed E-state index contributed by atoms with van der Waals surface area (Å²) >= 11 is 0. The van der Waals surface area contributed by atoms with Gasteiger partial charge in [-0.05, 0) is 32.0 Å². The van der Waals surface area contributed by atoms with E-state index in [-0.39, 0.29) is 11.4 Å². The Morgan fingerprint density at radius 2 is 2.15 bits per heavy atom. The number of isocyanates is 1. The molecule has 0 saturated carbocycles. The molecule has 0 atom stereocenters. The Morgan fingerprint density at radius 3 is 2.60 bits per heavy atom. The van der Waals surface area contributed by atoms with Gasteiger partial charge in [-0.25, -0.2) is 14.6 Å². The summed E-state index contributed by atoms with van der Waals surface area (Å²) in [5.74, 6) is -0.0692. The number of urea groups is 1. The normalized spacial score (nSPS) is 8.25. The van der Waals surface area contributed by atoms with Gasteiger partial charge in [0.2, 0.25) is 6.08 Å². The van der Waals surface area contributed by atoms with Gasteiger partial charge in [-0.3, -0.25) is 0 Å². The van der Waals surface area contributed by atoms with Crippen molar-refractivity contribution in [3.8, 4) is 11.8 Å². The van der Waals surface area contributed by atoms with E-state index in [0.29, 0.717) is 18.7 Å². The summed E-state index contributed by atoms with van der Waals surface area (Å²) in [6, 6.07) is 5.74. The number of aromatic hydroxyl groups is 1. The molecule has 0 fully saturated rings. The molecule has 106 valence electrons. The lowest BCUT2D eigenvalue weighted by atomic mass is 10.2.